The molecule has 1 aliphatic rings. The first-order valence-electron chi connectivity index (χ1n) is 6.81. The van der Waals surface area contributed by atoms with E-state index in [1.54, 1.807) is 12.4 Å². The highest BCUT2D eigenvalue weighted by atomic mass is 15.0. The van der Waals surface area contributed by atoms with Crippen LogP contribution in [0.1, 0.15) is 51.1 Å². The summed E-state index contributed by atoms with van der Waals surface area (Å²) in [5.74, 6) is 1.53. The van der Waals surface area contributed by atoms with E-state index in [9.17, 15) is 0 Å². The summed E-state index contributed by atoms with van der Waals surface area (Å²) in [6.07, 6.45) is 10.7. The molecule has 1 aromatic heterocycles. The average molecular weight is 244 g/mol. The van der Waals surface area contributed by atoms with Gasteiger partial charge in [-0.3, -0.25) is 0 Å². The highest BCUT2D eigenvalue weighted by molar-refractivity contribution is 5.47. The van der Waals surface area contributed by atoms with Crippen LogP contribution in [-0.4, -0.2) is 16.0 Å². The summed E-state index contributed by atoms with van der Waals surface area (Å²) in [4.78, 5) is 8.22. The molecule has 1 aliphatic carbocycles. The van der Waals surface area contributed by atoms with E-state index in [0.29, 0.717) is 17.6 Å². The van der Waals surface area contributed by atoms with Gasteiger partial charge in [-0.25, -0.2) is 9.97 Å². The van der Waals surface area contributed by atoms with Crippen molar-refractivity contribution in [2.75, 3.05) is 5.32 Å². The minimum atomic E-state index is 0.396. The summed E-state index contributed by atoms with van der Waals surface area (Å²) in [6, 6.07) is 2.52. The first-order valence-corrected chi connectivity index (χ1v) is 6.81. The van der Waals surface area contributed by atoms with Gasteiger partial charge in [-0.1, -0.05) is 19.8 Å². The topological polar surface area (TPSA) is 61.6 Å². The van der Waals surface area contributed by atoms with E-state index in [1.165, 1.54) is 38.5 Å². The summed E-state index contributed by atoms with van der Waals surface area (Å²) in [6.45, 7) is 2.25. The van der Waals surface area contributed by atoms with E-state index in [0.717, 1.165) is 5.92 Å². The van der Waals surface area contributed by atoms with Crippen LogP contribution in [0.4, 0.5) is 5.82 Å². The Hall–Kier alpha value is -1.63. The molecule has 0 aliphatic heterocycles. The third-order valence-electron chi connectivity index (χ3n) is 3.69. The van der Waals surface area contributed by atoms with Crippen LogP contribution in [-0.2, 0) is 0 Å². The maximum atomic E-state index is 8.97. The van der Waals surface area contributed by atoms with Gasteiger partial charge in [-0.15, -0.1) is 0 Å². The van der Waals surface area contributed by atoms with Crippen molar-refractivity contribution in [3.63, 3.8) is 0 Å². The maximum absolute atomic E-state index is 8.97. The Bertz CT molecular complexity index is 416. The van der Waals surface area contributed by atoms with Gasteiger partial charge >= 0.3 is 0 Å². The van der Waals surface area contributed by atoms with Crippen molar-refractivity contribution in [3.8, 4) is 6.07 Å². The van der Waals surface area contributed by atoms with Crippen LogP contribution in [0.5, 0.6) is 0 Å². The molecule has 2 rings (SSSR count). The largest absolute Gasteiger partial charge is 0.365 e. The minimum Gasteiger partial charge on any atom is -0.365 e. The van der Waals surface area contributed by atoms with Crippen LogP contribution in [0.3, 0.4) is 0 Å². The smallest absolute Gasteiger partial charge is 0.182 e. The lowest BCUT2D eigenvalue weighted by molar-refractivity contribution is 0.318. The van der Waals surface area contributed by atoms with E-state index in [1.807, 2.05) is 0 Å². The lowest BCUT2D eigenvalue weighted by atomic mass is 9.83. The zero-order chi connectivity index (χ0) is 12.8. The van der Waals surface area contributed by atoms with Gasteiger partial charge in [-0.2, -0.15) is 5.26 Å². The summed E-state index contributed by atoms with van der Waals surface area (Å²) in [5, 5.41) is 12.3. The quantitative estimate of drug-likeness (QED) is 0.884. The van der Waals surface area contributed by atoms with E-state index < -0.39 is 0 Å². The number of nitriles is 1. The first-order chi connectivity index (χ1) is 8.83. The van der Waals surface area contributed by atoms with E-state index in [-0.39, 0.29) is 0 Å². The van der Waals surface area contributed by atoms with Gasteiger partial charge in [-0.05, 0) is 31.6 Å². The number of aromatic nitrogens is 2. The number of nitrogens with one attached hydrogen (secondary N) is 1. The summed E-state index contributed by atoms with van der Waals surface area (Å²) < 4.78 is 0. The van der Waals surface area contributed by atoms with Crippen LogP contribution >= 0.6 is 0 Å². The zero-order valence-electron chi connectivity index (χ0n) is 10.9. The van der Waals surface area contributed by atoms with Gasteiger partial charge in [0.1, 0.15) is 6.07 Å². The fourth-order valence-corrected chi connectivity index (χ4v) is 2.72. The van der Waals surface area contributed by atoms with Crippen molar-refractivity contribution in [1.82, 2.24) is 9.97 Å². The molecule has 18 heavy (non-hydrogen) atoms. The first kappa shape index (κ1) is 12.8. The molecule has 0 radical (unpaired) electrons. The number of anilines is 1. The zero-order valence-corrected chi connectivity index (χ0v) is 10.9. The molecule has 0 aromatic carbocycles. The monoisotopic (exact) mass is 244 g/mol. The molecule has 0 bridgehead atoms. The maximum Gasteiger partial charge on any atom is 0.182 e. The SMILES string of the molecule is CCCC1CCC(Nc2nccnc2C#N)CC1. The molecule has 4 nitrogen and oxygen atoms in total. The Morgan fingerprint density at radius 1 is 1.28 bits per heavy atom. The summed E-state index contributed by atoms with van der Waals surface area (Å²) in [7, 11) is 0. The molecule has 0 unspecified atom stereocenters. The van der Waals surface area contributed by atoms with Crippen LogP contribution in [0, 0.1) is 17.2 Å². The van der Waals surface area contributed by atoms with Crippen molar-refractivity contribution in [2.45, 2.75) is 51.5 Å². The van der Waals surface area contributed by atoms with Gasteiger partial charge in [0, 0.05) is 18.4 Å². The van der Waals surface area contributed by atoms with Gasteiger partial charge in [0.05, 0.1) is 0 Å². The molecular weight excluding hydrogens is 224 g/mol. The second-order valence-electron chi connectivity index (χ2n) is 5.02. The second kappa shape index (κ2) is 6.34. The summed E-state index contributed by atoms with van der Waals surface area (Å²) >= 11 is 0. The molecule has 1 N–H and O–H groups in total. The van der Waals surface area contributed by atoms with Crippen molar-refractivity contribution in [1.29, 1.82) is 5.26 Å². The Labute approximate surface area is 108 Å². The molecule has 1 fully saturated rings. The third kappa shape index (κ3) is 3.19. The molecule has 0 spiro atoms. The fraction of sp³-hybridized carbons (Fsp3) is 0.643. The average Bonchev–Trinajstić information content (AvgIpc) is 2.42. The van der Waals surface area contributed by atoms with Crippen molar-refractivity contribution in [3.05, 3.63) is 18.1 Å². The van der Waals surface area contributed by atoms with E-state index in [2.05, 4.69) is 28.3 Å². The molecule has 1 saturated carbocycles. The number of hydrogen-bond donors (Lipinski definition) is 1. The normalized spacial score (nSPS) is 23.3. The highest BCUT2D eigenvalue weighted by Gasteiger charge is 2.21. The molecule has 0 saturated heterocycles. The van der Waals surface area contributed by atoms with Gasteiger partial charge in [0.15, 0.2) is 11.5 Å². The standard InChI is InChI=1S/C14H20N4/c1-2-3-11-4-6-12(7-5-11)18-14-13(10-15)16-8-9-17-14/h8-9,11-12H,2-7H2,1H3,(H,17,18). The molecule has 1 heterocycles. The Morgan fingerprint density at radius 2 is 2.00 bits per heavy atom. The predicted molar refractivity (Wildman–Crippen MR) is 71.0 cm³/mol. The molecule has 0 amide bonds. The molecule has 0 atom stereocenters. The van der Waals surface area contributed by atoms with Crippen molar-refractivity contribution < 1.29 is 0 Å². The highest BCUT2D eigenvalue weighted by Crippen LogP contribution is 2.29. The second-order valence-corrected chi connectivity index (χ2v) is 5.02. The Balaban J connectivity index is 1.90. The molecule has 4 heteroatoms. The van der Waals surface area contributed by atoms with Crippen LogP contribution in [0.15, 0.2) is 12.4 Å². The van der Waals surface area contributed by atoms with E-state index in [4.69, 9.17) is 5.26 Å². The van der Waals surface area contributed by atoms with E-state index >= 15 is 0 Å². The minimum absolute atomic E-state index is 0.396. The van der Waals surface area contributed by atoms with Crippen molar-refractivity contribution >= 4 is 5.82 Å². The van der Waals surface area contributed by atoms with Gasteiger partial charge < -0.3 is 5.32 Å². The lowest BCUT2D eigenvalue weighted by Gasteiger charge is -2.29. The molecule has 96 valence electrons. The predicted octanol–water partition coefficient (Wildman–Crippen LogP) is 3.12. The number of rotatable bonds is 4. The summed E-state index contributed by atoms with van der Waals surface area (Å²) in [5.41, 5.74) is 0.396. The van der Waals surface area contributed by atoms with Crippen molar-refractivity contribution in [2.24, 2.45) is 5.92 Å². The van der Waals surface area contributed by atoms with Gasteiger partial charge in [0.25, 0.3) is 0 Å². The number of hydrogen-bond acceptors (Lipinski definition) is 4. The van der Waals surface area contributed by atoms with Gasteiger partial charge in [0.2, 0.25) is 0 Å². The Morgan fingerprint density at radius 3 is 2.67 bits per heavy atom. The number of nitrogens with zero attached hydrogens (tertiary/aromatic N) is 3. The lowest BCUT2D eigenvalue weighted by Crippen LogP contribution is -2.27. The Kier molecular flexibility index (Phi) is 4.52. The van der Waals surface area contributed by atoms with Crippen LogP contribution < -0.4 is 5.32 Å². The fourth-order valence-electron chi connectivity index (χ4n) is 2.72. The van der Waals surface area contributed by atoms with Crippen LogP contribution in [0.2, 0.25) is 0 Å². The third-order valence-corrected chi connectivity index (χ3v) is 3.69. The van der Waals surface area contributed by atoms with Crippen LogP contribution in [0.25, 0.3) is 0 Å². The molecular formula is C14H20N4. The molecule has 1 aromatic rings.